The summed E-state index contributed by atoms with van der Waals surface area (Å²) in [5.74, 6) is 2.29. The van der Waals surface area contributed by atoms with Crippen LogP contribution in [0.5, 0.6) is 5.75 Å². The van der Waals surface area contributed by atoms with Gasteiger partial charge in [0.2, 0.25) is 0 Å². The van der Waals surface area contributed by atoms with Crippen molar-refractivity contribution in [2.45, 2.75) is 56.4 Å². The van der Waals surface area contributed by atoms with E-state index in [9.17, 15) is 5.11 Å². The van der Waals surface area contributed by atoms with Crippen LogP contribution < -0.4 is 0 Å². The van der Waals surface area contributed by atoms with E-state index in [-0.39, 0.29) is 0 Å². The van der Waals surface area contributed by atoms with Gasteiger partial charge in [-0.25, -0.2) is 0 Å². The molecule has 1 aliphatic heterocycles. The van der Waals surface area contributed by atoms with Gasteiger partial charge in [0, 0.05) is 24.4 Å². The van der Waals surface area contributed by atoms with E-state index in [1.807, 2.05) is 12.1 Å². The van der Waals surface area contributed by atoms with Gasteiger partial charge in [0.05, 0.1) is 6.26 Å². The first-order chi connectivity index (χ1) is 12.3. The highest BCUT2D eigenvalue weighted by molar-refractivity contribution is 5.45. The molecule has 132 valence electrons. The highest BCUT2D eigenvalue weighted by Gasteiger charge is 2.53. The molecule has 2 fully saturated rings. The van der Waals surface area contributed by atoms with E-state index in [1.54, 1.807) is 6.26 Å². The third-order valence-corrected chi connectivity index (χ3v) is 7.16. The third-order valence-electron chi connectivity index (χ3n) is 7.16. The molecular weight excluding hydrogens is 310 g/mol. The Labute approximate surface area is 149 Å². The molecule has 1 aromatic heterocycles. The minimum Gasteiger partial charge on any atom is -0.508 e. The molecule has 1 N–H and O–H groups in total. The van der Waals surface area contributed by atoms with Gasteiger partial charge in [0.25, 0.3) is 0 Å². The molecule has 2 aliphatic carbocycles. The van der Waals surface area contributed by atoms with Crippen LogP contribution in [-0.4, -0.2) is 29.1 Å². The Bertz CT molecular complexity index is 753. The standard InChI is InChI=1S/C22H27NO2/c24-17-7-6-16-14-21-19-5-1-2-9-22(19,20(16)15-17)10-12-23(21)11-8-18-4-3-13-25-18/h3-4,6-7,13,15,19,21,24H,1-2,5,8-12,14H2/t19-,21+,22+/m1/s1. The Balaban J connectivity index is 1.47. The third kappa shape index (κ3) is 2.43. The molecule has 1 saturated carbocycles. The van der Waals surface area contributed by atoms with Crippen LogP contribution in [0.25, 0.3) is 0 Å². The lowest BCUT2D eigenvalue weighted by atomic mass is 9.52. The summed E-state index contributed by atoms with van der Waals surface area (Å²) in [7, 11) is 0. The minimum atomic E-state index is 0.316. The summed E-state index contributed by atoms with van der Waals surface area (Å²) in [6.45, 7) is 2.27. The second-order valence-corrected chi connectivity index (χ2v) is 8.24. The second kappa shape index (κ2) is 5.91. The molecule has 3 atom stereocenters. The van der Waals surface area contributed by atoms with Crippen molar-refractivity contribution in [2.24, 2.45) is 5.92 Å². The van der Waals surface area contributed by atoms with E-state index in [0.29, 0.717) is 17.2 Å². The number of likely N-dealkylation sites (tertiary alicyclic amines) is 1. The van der Waals surface area contributed by atoms with Crippen LogP contribution in [0.4, 0.5) is 0 Å². The predicted molar refractivity (Wildman–Crippen MR) is 97.8 cm³/mol. The molecule has 0 amide bonds. The molecule has 0 spiro atoms. The Morgan fingerprint density at radius 1 is 1.20 bits per heavy atom. The number of aromatic hydroxyl groups is 1. The molecule has 25 heavy (non-hydrogen) atoms. The molecule has 2 heterocycles. The van der Waals surface area contributed by atoms with E-state index < -0.39 is 0 Å². The lowest BCUT2D eigenvalue weighted by Crippen LogP contribution is -2.61. The molecule has 5 rings (SSSR count). The number of furan rings is 1. The number of nitrogens with zero attached hydrogens (tertiary/aromatic N) is 1. The summed E-state index contributed by atoms with van der Waals surface area (Å²) in [6.07, 6.45) is 10.5. The zero-order chi connectivity index (χ0) is 16.9. The lowest BCUT2D eigenvalue weighted by molar-refractivity contribution is -0.0112. The van der Waals surface area contributed by atoms with Crippen LogP contribution in [0.3, 0.4) is 0 Å². The van der Waals surface area contributed by atoms with Gasteiger partial charge in [-0.05, 0) is 73.5 Å². The van der Waals surface area contributed by atoms with E-state index in [1.165, 1.54) is 49.8 Å². The van der Waals surface area contributed by atoms with Crippen LogP contribution in [0.15, 0.2) is 41.0 Å². The minimum absolute atomic E-state index is 0.316. The Kier molecular flexibility index (Phi) is 3.67. The number of benzene rings is 1. The Hall–Kier alpha value is -1.74. The van der Waals surface area contributed by atoms with Crippen LogP contribution in [0.1, 0.15) is 49.0 Å². The highest BCUT2D eigenvalue weighted by atomic mass is 16.3. The maximum Gasteiger partial charge on any atom is 0.115 e. The second-order valence-electron chi connectivity index (χ2n) is 8.24. The van der Waals surface area contributed by atoms with E-state index >= 15 is 0 Å². The monoisotopic (exact) mass is 337 g/mol. The summed E-state index contributed by atoms with van der Waals surface area (Å²) >= 11 is 0. The molecule has 2 bridgehead atoms. The van der Waals surface area contributed by atoms with Gasteiger partial charge in [0.15, 0.2) is 0 Å². The maximum atomic E-state index is 10.1. The summed E-state index contributed by atoms with van der Waals surface area (Å²) in [6, 6.07) is 10.9. The van der Waals surface area contributed by atoms with Crippen LogP contribution in [0.2, 0.25) is 0 Å². The molecule has 3 heteroatoms. The zero-order valence-corrected chi connectivity index (χ0v) is 14.8. The van der Waals surface area contributed by atoms with Gasteiger partial charge < -0.3 is 9.52 Å². The van der Waals surface area contributed by atoms with Crippen molar-refractivity contribution in [2.75, 3.05) is 13.1 Å². The van der Waals surface area contributed by atoms with E-state index in [0.717, 1.165) is 31.1 Å². The fourth-order valence-corrected chi connectivity index (χ4v) is 6.06. The SMILES string of the molecule is Oc1ccc2c(c1)[C@]13CCCC[C@@H]1[C@H](C2)N(CCc1ccco1)CC3. The van der Waals surface area contributed by atoms with Gasteiger partial charge in [-0.1, -0.05) is 18.9 Å². The summed E-state index contributed by atoms with van der Waals surface area (Å²) in [4.78, 5) is 2.73. The number of hydrogen-bond acceptors (Lipinski definition) is 3. The average molecular weight is 337 g/mol. The van der Waals surface area contributed by atoms with Gasteiger partial charge in [-0.3, -0.25) is 4.90 Å². The van der Waals surface area contributed by atoms with Crippen molar-refractivity contribution >= 4 is 0 Å². The molecule has 1 aromatic carbocycles. The topological polar surface area (TPSA) is 36.6 Å². The Morgan fingerprint density at radius 2 is 2.16 bits per heavy atom. The Morgan fingerprint density at radius 3 is 3.04 bits per heavy atom. The van der Waals surface area contributed by atoms with Crippen molar-refractivity contribution in [3.63, 3.8) is 0 Å². The summed E-state index contributed by atoms with van der Waals surface area (Å²) in [5.41, 5.74) is 3.26. The van der Waals surface area contributed by atoms with Crippen LogP contribution in [0, 0.1) is 5.92 Å². The molecule has 2 aromatic rings. The van der Waals surface area contributed by atoms with Gasteiger partial charge >= 0.3 is 0 Å². The van der Waals surface area contributed by atoms with Crippen LogP contribution in [-0.2, 0) is 18.3 Å². The highest BCUT2D eigenvalue weighted by Crippen LogP contribution is 2.56. The van der Waals surface area contributed by atoms with Gasteiger partial charge in [-0.15, -0.1) is 0 Å². The first-order valence-corrected chi connectivity index (χ1v) is 9.85. The maximum absolute atomic E-state index is 10.1. The number of phenolic OH excluding ortho intramolecular Hbond substituents is 1. The molecule has 0 radical (unpaired) electrons. The van der Waals surface area contributed by atoms with Gasteiger partial charge in [0.1, 0.15) is 11.5 Å². The number of piperidine rings is 1. The number of rotatable bonds is 3. The molecule has 1 saturated heterocycles. The fourth-order valence-electron chi connectivity index (χ4n) is 6.06. The molecular formula is C22H27NO2. The van der Waals surface area contributed by atoms with Crippen molar-refractivity contribution in [3.05, 3.63) is 53.5 Å². The van der Waals surface area contributed by atoms with Crippen molar-refractivity contribution in [1.29, 1.82) is 0 Å². The normalized spacial score (nSPS) is 31.4. The van der Waals surface area contributed by atoms with E-state index in [2.05, 4.69) is 23.1 Å². The quantitative estimate of drug-likeness (QED) is 0.908. The first-order valence-electron chi connectivity index (χ1n) is 9.85. The van der Waals surface area contributed by atoms with E-state index in [4.69, 9.17) is 4.42 Å². The molecule has 3 aliphatic rings. The van der Waals surface area contributed by atoms with Crippen molar-refractivity contribution in [3.8, 4) is 5.75 Å². The zero-order valence-electron chi connectivity index (χ0n) is 14.8. The largest absolute Gasteiger partial charge is 0.508 e. The number of hydrogen-bond donors (Lipinski definition) is 1. The summed E-state index contributed by atoms with van der Waals surface area (Å²) < 4.78 is 5.55. The summed E-state index contributed by atoms with van der Waals surface area (Å²) in [5, 5.41) is 10.1. The smallest absolute Gasteiger partial charge is 0.115 e. The molecule has 3 nitrogen and oxygen atoms in total. The number of phenols is 1. The average Bonchev–Trinajstić information content (AvgIpc) is 3.15. The van der Waals surface area contributed by atoms with Crippen LogP contribution >= 0.6 is 0 Å². The predicted octanol–water partition coefficient (Wildman–Crippen LogP) is 4.29. The first kappa shape index (κ1) is 15.5. The van der Waals surface area contributed by atoms with Crippen molar-refractivity contribution < 1.29 is 9.52 Å². The van der Waals surface area contributed by atoms with Gasteiger partial charge in [-0.2, -0.15) is 0 Å². The number of fused-ring (bicyclic) bond motifs is 1. The molecule has 0 unspecified atom stereocenters. The lowest BCUT2D eigenvalue weighted by Gasteiger charge is -2.59. The fraction of sp³-hybridized carbons (Fsp3) is 0.545. The van der Waals surface area contributed by atoms with Crippen molar-refractivity contribution in [1.82, 2.24) is 4.90 Å².